The molecule has 3 saturated heterocycles. The molecule has 3 aliphatic rings. The molecule has 11 heteroatoms. The van der Waals surface area contributed by atoms with Crippen LogP contribution in [0.5, 0.6) is 0 Å². The molecule has 11 nitrogen and oxygen atoms in total. The Kier molecular flexibility index (Phi) is 9.11. The van der Waals surface area contributed by atoms with Crippen LogP contribution in [0, 0.1) is 16.0 Å². The van der Waals surface area contributed by atoms with Gasteiger partial charge in [-0.15, -0.1) is 0 Å². The predicted molar refractivity (Wildman–Crippen MR) is 126 cm³/mol. The van der Waals surface area contributed by atoms with Crippen molar-refractivity contribution in [1.82, 2.24) is 4.90 Å². The maximum absolute atomic E-state index is 13.1. The largest absolute Gasteiger partial charge is 0.508 e. The van der Waals surface area contributed by atoms with E-state index >= 15 is 0 Å². The Hall–Kier alpha value is -2.76. The monoisotopic (exact) mass is 506 g/mol. The summed E-state index contributed by atoms with van der Waals surface area (Å²) in [5.74, 6) is -0.616. The van der Waals surface area contributed by atoms with Crippen molar-refractivity contribution in [1.29, 1.82) is 0 Å². The topological polar surface area (TPSA) is 127 Å². The smallest absolute Gasteiger partial charge is 0.430 e. The molecular formula is C25H34N2O9. The Balaban J connectivity index is 1.30. The third-order valence-electron chi connectivity index (χ3n) is 6.92. The summed E-state index contributed by atoms with van der Waals surface area (Å²) < 4.78 is 28.0. The van der Waals surface area contributed by atoms with Crippen molar-refractivity contribution in [2.75, 3.05) is 19.8 Å². The third kappa shape index (κ3) is 6.51. The number of amides is 1. The van der Waals surface area contributed by atoms with E-state index in [0.717, 1.165) is 38.5 Å². The highest BCUT2D eigenvalue weighted by molar-refractivity contribution is 5.87. The van der Waals surface area contributed by atoms with Gasteiger partial charge in [0, 0.05) is 25.3 Å². The Morgan fingerprint density at radius 1 is 1.14 bits per heavy atom. The van der Waals surface area contributed by atoms with Gasteiger partial charge >= 0.3 is 6.16 Å². The summed E-state index contributed by atoms with van der Waals surface area (Å²) in [5, 5.41) is 10.8. The fraction of sp³-hybridized carbons (Fsp3) is 0.680. The minimum absolute atomic E-state index is 0.0463. The number of hydrogen-bond acceptors (Lipinski definition) is 9. The molecule has 3 aliphatic heterocycles. The fourth-order valence-corrected chi connectivity index (χ4v) is 5.00. The predicted octanol–water partition coefficient (Wildman–Crippen LogP) is 3.92. The van der Waals surface area contributed by atoms with E-state index in [4.69, 9.17) is 23.7 Å². The van der Waals surface area contributed by atoms with Gasteiger partial charge in [0.25, 0.3) is 5.69 Å². The van der Waals surface area contributed by atoms with Crippen LogP contribution < -0.4 is 0 Å². The normalized spacial score (nSPS) is 27.1. The molecule has 198 valence electrons. The summed E-state index contributed by atoms with van der Waals surface area (Å²) in [7, 11) is 0. The van der Waals surface area contributed by atoms with Crippen LogP contribution in [0.2, 0.25) is 0 Å². The number of β-lactam (4-membered cyclic amide) rings is 1. The number of carbonyl (C=O) groups excluding carboxylic acids is 2. The SMILES string of the molecule is CC(OC(=O)OCc1ccc([N+](=O)[O-])cc1)[C@@H]1C(=O)N(C2CCCCO2)[C@H]1CCOC1CCCCO1. The summed E-state index contributed by atoms with van der Waals surface area (Å²) in [5.41, 5.74) is 0.542. The number of benzene rings is 1. The lowest BCUT2D eigenvalue weighted by atomic mass is 9.80. The van der Waals surface area contributed by atoms with E-state index in [9.17, 15) is 19.7 Å². The van der Waals surface area contributed by atoms with Gasteiger partial charge in [-0.3, -0.25) is 14.9 Å². The second-order valence-electron chi connectivity index (χ2n) is 9.40. The number of hydrogen-bond donors (Lipinski definition) is 0. The van der Waals surface area contributed by atoms with Crippen molar-refractivity contribution in [2.45, 2.75) is 83.1 Å². The van der Waals surface area contributed by atoms with E-state index < -0.39 is 23.1 Å². The maximum Gasteiger partial charge on any atom is 0.508 e. The van der Waals surface area contributed by atoms with Gasteiger partial charge in [-0.2, -0.15) is 0 Å². The van der Waals surface area contributed by atoms with Gasteiger partial charge in [-0.25, -0.2) is 4.79 Å². The molecule has 0 N–H and O–H groups in total. The molecule has 0 saturated carbocycles. The van der Waals surface area contributed by atoms with Crippen LogP contribution in [0.1, 0.15) is 57.4 Å². The van der Waals surface area contributed by atoms with Gasteiger partial charge in [-0.05, 0) is 69.6 Å². The lowest BCUT2D eigenvalue weighted by Gasteiger charge is -2.52. The van der Waals surface area contributed by atoms with Crippen molar-refractivity contribution in [3.05, 3.63) is 39.9 Å². The molecule has 5 atom stereocenters. The van der Waals surface area contributed by atoms with Crippen LogP contribution in [-0.4, -0.2) is 66.4 Å². The minimum atomic E-state index is -0.897. The first-order valence-corrected chi connectivity index (χ1v) is 12.7. The van der Waals surface area contributed by atoms with Crippen LogP contribution in [0.15, 0.2) is 24.3 Å². The Bertz CT molecular complexity index is 897. The van der Waals surface area contributed by atoms with E-state index in [1.165, 1.54) is 24.3 Å². The van der Waals surface area contributed by atoms with Crippen LogP contribution >= 0.6 is 0 Å². The number of ether oxygens (including phenoxy) is 5. The van der Waals surface area contributed by atoms with Crippen molar-refractivity contribution >= 4 is 17.7 Å². The highest BCUT2D eigenvalue weighted by Crippen LogP contribution is 2.38. The quantitative estimate of drug-likeness (QED) is 0.201. The van der Waals surface area contributed by atoms with Gasteiger partial charge in [0.05, 0.1) is 23.5 Å². The average molecular weight is 507 g/mol. The average Bonchev–Trinajstić information content (AvgIpc) is 2.88. The first-order chi connectivity index (χ1) is 17.4. The van der Waals surface area contributed by atoms with E-state index in [-0.39, 0.29) is 36.8 Å². The molecule has 1 aromatic rings. The summed E-state index contributed by atoms with van der Waals surface area (Å²) >= 11 is 0. The summed E-state index contributed by atoms with van der Waals surface area (Å²) in [6.45, 7) is 3.35. The first-order valence-electron chi connectivity index (χ1n) is 12.7. The molecular weight excluding hydrogens is 472 g/mol. The van der Waals surface area contributed by atoms with Crippen LogP contribution in [0.3, 0.4) is 0 Å². The number of rotatable bonds is 10. The molecule has 0 aliphatic carbocycles. The maximum atomic E-state index is 13.1. The van der Waals surface area contributed by atoms with Gasteiger partial charge in [-0.1, -0.05) is 0 Å². The number of likely N-dealkylation sites (tertiary alicyclic amines) is 1. The van der Waals surface area contributed by atoms with E-state index in [2.05, 4.69) is 0 Å². The van der Waals surface area contributed by atoms with E-state index in [1.54, 1.807) is 11.8 Å². The molecule has 0 bridgehead atoms. The molecule has 0 aromatic heterocycles. The van der Waals surface area contributed by atoms with Crippen molar-refractivity contribution in [2.24, 2.45) is 5.92 Å². The van der Waals surface area contributed by atoms with Crippen LogP contribution in [0.25, 0.3) is 0 Å². The van der Waals surface area contributed by atoms with Crippen molar-refractivity contribution in [3.63, 3.8) is 0 Å². The molecule has 36 heavy (non-hydrogen) atoms. The van der Waals surface area contributed by atoms with Crippen molar-refractivity contribution in [3.8, 4) is 0 Å². The minimum Gasteiger partial charge on any atom is -0.430 e. The fourth-order valence-electron chi connectivity index (χ4n) is 5.00. The lowest BCUT2D eigenvalue weighted by molar-refractivity contribution is -0.384. The second-order valence-corrected chi connectivity index (χ2v) is 9.40. The third-order valence-corrected chi connectivity index (χ3v) is 6.92. The first kappa shape index (κ1) is 26.3. The standard InChI is InChI=1S/C25H34N2O9/c1-17(36-25(29)35-16-18-8-10-19(11-9-18)27(30)31)23-20(12-15-34-22-7-3-5-14-33-22)26(24(23)28)21-6-2-4-13-32-21/h8-11,17,20-23H,2-7,12-16H2,1H3/t17?,20-,21?,22?,23-/m0/s1. The molecule has 4 rings (SSSR count). The zero-order valence-electron chi connectivity index (χ0n) is 20.5. The summed E-state index contributed by atoms with van der Waals surface area (Å²) in [6.07, 6.45) is 4.26. The van der Waals surface area contributed by atoms with Crippen LogP contribution in [-0.2, 0) is 35.1 Å². The zero-order chi connectivity index (χ0) is 25.5. The Morgan fingerprint density at radius 2 is 1.86 bits per heavy atom. The highest BCUT2D eigenvalue weighted by Gasteiger charge is 2.54. The molecule has 3 heterocycles. The van der Waals surface area contributed by atoms with Crippen molar-refractivity contribution < 1.29 is 38.2 Å². The number of nitrogens with zero attached hydrogens (tertiary/aromatic N) is 2. The number of non-ortho nitro benzene ring substituents is 1. The number of nitro groups is 1. The molecule has 3 unspecified atom stereocenters. The second kappa shape index (κ2) is 12.5. The van der Waals surface area contributed by atoms with Crippen LogP contribution in [0.4, 0.5) is 10.5 Å². The van der Waals surface area contributed by atoms with E-state index in [0.29, 0.717) is 31.8 Å². The molecule has 3 fully saturated rings. The molecule has 0 radical (unpaired) electrons. The summed E-state index contributed by atoms with van der Waals surface area (Å²) in [6, 6.07) is 5.53. The highest BCUT2D eigenvalue weighted by atomic mass is 16.7. The Morgan fingerprint density at radius 3 is 2.50 bits per heavy atom. The summed E-state index contributed by atoms with van der Waals surface area (Å²) in [4.78, 5) is 37.5. The zero-order valence-corrected chi connectivity index (χ0v) is 20.5. The Labute approximate surface area is 210 Å². The van der Waals surface area contributed by atoms with Gasteiger partial charge in [0.2, 0.25) is 5.91 Å². The molecule has 1 aromatic carbocycles. The van der Waals surface area contributed by atoms with Gasteiger partial charge < -0.3 is 28.6 Å². The van der Waals surface area contributed by atoms with Gasteiger partial charge in [0.1, 0.15) is 18.9 Å². The van der Waals surface area contributed by atoms with Gasteiger partial charge in [0.15, 0.2) is 6.29 Å². The lowest BCUT2D eigenvalue weighted by Crippen LogP contribution is -2.68. The number of carbonyl (C=O) groups is 2. The molecule has 0 spiro atoms. The molecule has 1 amide bonds. The van der Waals surface area contributed by atoms with E-state index in [1.807, 2.05) is 0 Å². The number of nitro benzene ring substituents is 1.